The maximum atomic E-state index is 13.9. The third kappa shape index (κ3) is 4.91. The zero-order valence-electron chi connectivity index (χ0n) is 13.9. The predicted octanol–water partition coefficient (Wildman–Crippen LogP) is 3.28. The highest BCUT2D eigenvalue weighted by molar-refractivity contribution is 5.95. The van der Waals surface area contributed by atoms with E-state index in [-0.39, 0.29) is 18.7 Å². The van der Waals surface area contributed by atoms with Crippen molar-refractivity contribution >= 4 is 17.6 Å². The number of esters is 1. The Bertz CT molecular complexity index is 735. The van der Waals surface area contributed by atoms with Crippen LogP contribution in [0.3, 0.4) is 0 Å². The molecule has 0 bridgehead atoms. The maximum absolute atomic E-state index is 13.9. The number of hydrogen-bond acceptors (Lipinski definition) is 4. The van der Waals surface area contributed by atoms with E-state index in [0.717, 1.165) is 0 Å². The Morgan fingerprint density at radius 1 is 1.25 bits per heavy atom. The van der Waals surface area contributed by atoms with Gasteiger partial charge in [0.2, 0.25) is 5.91 Å². The first-order valence-corrected chi connectivity index (χ1v) is 7.56. The van der Waals surface area contributed by atoms with Gasteiger partial charge in [0.15, 0.2) is 0 Å². The van der Waals surface area contributed by atoms with Gasteiger partial charge in [-0.2, -0.15) is 5.10 Å². The summed E-state index contributed by atoms with van der Waals surface area (Å²) in [6, 6.07) is 6.17. The third-order valence-electron chi connectivity index (χ3n) is 3.03. The average molecular weight is 333 g/mol. The maximum Gasteiger partial charge on any atom is 0.306 e. The molecule has 0 fully saturated rings. The fourth-order valence-electron chi connectivity index (χ4n) is 2.07. The van der Waals surface area contributed by atoms with Crippen molar-refractivity contribution in [1.82, 2.24) is 10.2 Å². The van der Waals surface area contributed by atoms with Crippen LogP contribution >= 0.6 is 0 Å². The largest absolute Gasteiger partial charge is 0.460 e. The van der Waals surface area contributed by atoms with E-state index in [1.807, 2.05) is 0 Å². The van der Waals surface area contributed by atoms with Crippen molar-refractivity contribution in [1.29, 1.82) is 0 Å². The zero-order valence-corrected chi connectivity index (χ0v) is 13.9. The number of hydrogen-bond donors (Lipinski definition) is 2. The molecule has 0 aliphatic heterocycles. The van der Waals surface area contributed by atoms with Crippen LogP contribution in [0.4, 0.5) is 10.1 Å². The van der Waals surface area contributed by atoms with Gasteiger partial charge in [-0.3, -0.25) is 14.7 Å². The van der Waals surface area contributed by atoms with Crippen molar-refractivity contribution < 1.29 is 18.7 Å². The minimum atomic E-state index is -0.587. The van der Waals surface area contributed by atoms with Gasteiger partial charge in [-0.25, -0.2) is 4.39 Å². The number of aromatic nitrogens is 2. The topological polar surface area (TPSA) is 84.1 Å². The van der Waals surface area contributed by atoms with Crippen molar-refractivity contribution in [3.8, 4) is 11.3 Å². The van der Waals surface area contributed by atoms with Crippen LogP contribution in [0.15, 0.2) is 30.5 Å². The number of amides is 1. The van der Waals surface area contributed by atoms with Gasteiger partial charge in [-0.1, -0.05) is 12.1 Å². The molecule has 0 aliphatic carbocycles. The van der Waals surface area contributed by atoms with Crippen molar-refractivity contribution in [2.75, 3.05) is 5.32 Å². The monoisotopic (exact) mass is 333 g/mol. The molecule has 0 atom stereocenters. The van der Waals surface area contributed by atoms with Gasteiger partial charge in [0.1, 0.15) is 11.4 Å². The molecule has 1 amide bonds. The number of halogens is 1. The molecule has 0 unspecified atom stereocenters. The Labute approximate surface area is 139 Å². The first kappa shape index (κ1) is 17.7. The van der Waals surface area contributed by atoms with Crippen LogP contribution in [-0.4, -0.2) is 27.7 Å². The van der Waals surface area contributed by atoms with E-state index in [0.29, 0.717) is 16.9 Å². The Hall–Kier alpha value is -2.70. The molecule has 0 saturated carbocycles. The van der Waals surface area contributed by atoms with Crippen molar-refractivity contribution in [3.05, 3.63) is 36.3 Å². The van der Waals surface area contributed by atoms with Gasteiger partial charge in [-0.05, 0) is 32.9 Å². The Balaban J connectivity index is 1.98. The summed E-state index contributed by atoms with van der Waals surface area (Å²) < 4.78 is 19.0. The van der Waals surface area contributed by atoms with E-state index >= 15 is 0 Å². The van der Waals surface area contributed by atoms with Gasteiger partial charge in [0.25, 0.3) is 0 Å². The van der Waals surface area contributed by atoms with E-state index in [4.69, 9.17) is 4.74 Å². The molecule has 128 valence electrons. The Morgan fingerprint density at radius 3 is 2.62 bits per heavy atom. The summed E-state index contributed by atoms with van der Waals surface area (Å²) in [6.45, 7) is 5.28. The van der Waals surface area contributed by atoms with E-state index in [2.05, 4.69) is 15.5 Å². The van der Waals surface area contributed by atoms with Gasteiger partial charge in [-0.15, -0.1) is 0 Å². The Kier molecular flexibility index (Phi) is 5.33. The molecule has 0 spiro atoms. The van der Waals surface area contributed by atoms with Gasteiger partial charge < -0.3 is 10.1 Å². The van der Waals surface area contributed by atoms with E-state index in [1.54, 1.807) is 39.0 Å². The van der Waals surface area contributed by atoms with Gasteiger partial charge in [0.05, 0.1) is 24.0 Å². The molecule has 1 heterocycles. The quantitative estimate of drug-likeness (QED) is 0.823. The van der Waals surface area contributed by atoms with E-state index < -0.39 is 17.4 Å². The van der Waals surface area contributed by atoms with Gasteiger partial charge >= 0.3 is 5.97 Å². The summed E-state index contributed by atoms with van der Waals surface area (Å²) in [4.78, 5) is 23.6. The lowest BCUT2D eigenvalue weighted by molar-refractivity contribution is -0.155. The van der Waals surface area contributed by atoms with Crippen LogP contribution in [0.2, 0.25) is 0 Å². The fourth-order valence-corrected chi connectivity index (χ4v) is 2.07. The molecule has 1 aromatic carbocycles. The van der Waals surface area contributed by atoms with Crippen LogP contribution in [0.25, 0.3) is 11.3 Å². The van der Waals surface area contributed by atoms with Crippen LogP contribution in [0.1, 0.15) is 33.6 Å². The summed E-state index contributed by atoms with van der Waals surface area (Å²) in [7, 11) is 0. The number of ether oxygens (including phenoxy) is 1. The molecule has 24 heavy (non-hydrogen) atoms. The number of benzene rings is 1. The number of nitrogens with one attached hydrogen (secondary N) is 2. The molecule has 7 heteroatoms. The van der Waals surface area contributed by atoms with Crippen LogP contribution in [0, 0.1) is 5.82 Å². The van der Waals surface area contributed by atoms with Crippen molar-refractivity contribution in [2.24, 2.45) is 0 Å². The summed E-state index contributed by atoms with van der Waals surface area (Å²) in [5, 5.41) is 9.13. The molecule has 0 aliphatic rings. The van der Waals surface area contributed by atoms with Crippen LogP contribution in [0.5, 0.6) is 0 Å². The molecular formula is C17H20FN3O3. The molecule has 2 N–H and O–H groups in total. The number of carbonyl (C=O) groups excluding carboxylic acids is 2. The number of aromatic amines is 1. The number of anilines is 1. The zero-order chi connectivity index (χ0) is 17.7. The minimum Gasteiger partial charge on any atom is -0.460 e. The summed E-state index contributed by atoms with van der Waals surface area (Å²) in [5.74, 6) is -1.25. The number of nitrogens with zero attached hydrogens (tertiary/aromatic N) is 1. The van der Waals surface area contributed by atoms with Crippen molar-refractivity contribution in [3.63, 3.8) is 0 Å². The second kappa shape index (κ2) is 7.25. The lowest BCUT2D eigenvalue weighted by atomic mass is 10.1. The molecule has 0 saturated heterocycles. The second-order valence-corrected chi connectivity index (χ2v) is 6.27. The number of rotatable bonds is 5. The average Bonchev–Trinajstić information content (AvgIpc) is 2.92. The molecule has 6 nitrogen and oxygen atoms in total. The standard InChI is InChI=1S/C17H20FN3O3/c1-17(2,3)24-15(23)9-8-14(22)20-13-10-19-21-16(13)11-6-4-5-7-12(11)18/h4-7,10H,8-9H2,1-3H3,(H,19,21)(H,20,22). The first-order valence-electron chi connectivity index (χ1n) is 7.56. The van der Waals surface area contributed by atoms with Crippen molar-refractivity contribution in [2.45, 2.75) is 39.2 Å². The van der Waals surface area contributed by atoms with Crippen LogP contribution in [-0.2, 0) is 14.3 Å². The van der Waals surface area contributed by atoms with E-state index in [9.17, 15) is 14.0 Å². The molecule has 1 aromatic heterocycles. The highest BCUT2D eigenvalue weighted by Gasteiger charge is 2.18. The third-order valence-corrected chi connectivity index (χ3v) is 3.03. The fraction of sp³-hybridized carbons (Fsp3) is 0.353. The lowest BCUT2D eigenvalue weighted by Gasteiger charge is -2.19. The molecule has 0 radical (unpaired) electrons. The summed E-state index contributed by atoms with van der Waals surface area (Å²) in [5.41, 5.74) is 0.446. The lowest BCUT2D eigenvalue weighted by Crippen LogP contribution is -2.24. The molecule has 2 rings (SSSR count). The summed E-state index contributed by atoms with van der Waals surface area (Å²) in [6.07, 6.45) is 1.33. The number of H-pyrrole nitrogens is 1. The normalized spacial score (nSPS) is 11.2. The SMILES string of the molecule is CC(C)(C)OC(=O)CCC(=O)Nc1cn[nH]c1-c1ccccc1F. The van der Waals surface area contributed by atoms with E-state index in [1.165, 1.54) is 12.3 Å². The molecule has 2 aromatic rings. The van der Waals surface area contributed by atoms with Crippen LogP contribution < -0.4 is 5.32 Å². The predicted molar refractivity (Wildman–Crippen MR) is 87.7 cm³/mol. The van der Waals surface area contributed by atoms with Gasteiger partial charge in [0, 0.05) is 12.0 Å². The second-order valence-electron chi connectivity index (χ2n) is 6.27. The highest BCUT2D eigenvalue weighted by atomic mass is 19.1. The number of carbonyl (C=O) groups is 2. The first-order chi connectivity index (χ1) is 11.3. The highest BCUT2D eigenvalue weighted by Crippen LogP contribution is 2.27. The summed E-state index contributed by atoms with van der Waals surface area (Å²) >= 11 is 0. The Morgan fingerprint density at radius 2 is 1.96 bits per heavy atom. The smallest absolute Gasteiger partial charge is 0.306 e. The molecular weight excluding hydrogens is 313 g/mol. The minimum absolute atomic E-state index is 0.0309.